The molecule has 0 radical (unpaired) electrons. The minimum absolute atomic E-state index is 0.0939. The van der Waals surface area contributed by atoms with E-state index in [9.17, 15) is 13.2 Å². The van der Waals surface area contributed by atoms with Gasteiger partial charge in [-0.3, -0.25) is 9.52 Å². The zero-order valence-corrected chi connectivity index (χ0v) is 19.6. The summed E-state index contributed by atoms with van der Waals surface area (Å²) in [4.78, 5) is 17.6. The maximum atomic E-state index is 13.2. The van der Waals surface area contributed by atoms with Gasteiger partial charge in [-0.15, -0.1) is 11.3 Å². The first-order valence-electron chi connectivity index (χ1n) is 10.4. The van der Waals surface area contributed by atoms with Crippen LogP contribution in [-0.4, -0.2) is 19.3 Å². The van der Waals surface area contributed by atoms with Crippen LogP contribution in [0.15, 0.2) is 95.2 Å². The minimum atomic E-state index is -3.77. The van der Waals surface area contributed by atoms with Crippen LogP contribution in [0.5, 0.6) is 0 Å². The van der Waals surface area contributed by atoms with Crippen molar-refractivity contribution in [2.75, 3.05) is 10.0 Å². The predicted octanol–water partition coefficient (Wildman–Crippen LogP) is 5.28. The Morgan fingerprint density at radius 2 is 1.48 bits per heavy atom. The number of rotatable bonds is 8. The Morgan fingerprint density at radius 3 is 2.00 bits per heavy atom. The van der Waals surface area contributed by atoms with Gasteiger partial charge in [0.25, 0.3) is 10.0 Å². The quantitative estimate of drug-likeness (QED) is 0.362. The summed E-state index contributed by atoms with van der Waals surface area (Å²) >= 11 is 1.25. The molecule has 0 bridgehead atoms. The number of carbonyl (C=O) groups excluding carboxylic acids is 1. The van der Waals surface area contributed by atoms with Gasteiger partial charge in [0.1, 0.15) is 0 Å². The van der Waals surface area contributed by atoms with Gasteiger partial charge in [-0.05, 0) is 41.8 Å². The van der Waals surface area contributed by atoms with Gasteiger partial charge in [-0.1, -0.05) is 67.6 Å². The van der Waals surface area contributed by atoms with Crippen LogP contribution in [-0.2, 0) is 21.2 Å². The molecule has 0 unspecified atom stereocenters. The van der Waals surface area contributed by atoms with Gasteiger partial charge in [-0.25, -0.2) is 13.4 Å². The van der Waals surface area contributed by atoms with Gasteiger partial charge >= 0.3 is 0 Å². The molecule has 3 aromatic carbocycles. The zero-order valence-electron chi connectivity index (χ0n) is 17.9. The van der Waals surface area contributed by atoms with Crippen LogP contribution in [0.2, 0.25) is 0 Å². The van der Waals surface area contributed by atoms with Gasteiger partial charge in [0.2, 0.25) is 5.91 Å². The molecule has 0 aliphatic heterocycles. The van der Waals surface area contributed by atoms with E-state index in [1.807, 2.05) is 73.0 Å². The van der Waals surface area contributed by atoms with Crippen molar-refractivity contribution in [3.63, 3.8) is 0 Å². The lowest BCUT2D eigenvalue weighted by atomic mass is 9.90. The van der Waals surface area contributed by atoms with Crippen LogP contribution in [0, 0.1) is 0 Å². The van der Waals surface area contributed by atoms with E-state index in [-0.39, 0.29) is 10.8 Å². The third-order valence-corrected chi connectivity index (χ3v) is 7.39. The molecule has 2 N–H and O–H groups in total. The standard InChI is InChI=1S/C25H23N3O3S2/c1-2-20-17-32-25(27-20)28-33(30,31)22-15-13-21(14-16-22)26-24(29)23(18-9-5-3-6-10-18)19-11-7-4-8-12-19/h3-17,23H,2H2,1H3,(H,26,29)(H,27,28). The first-order chi connectivity index (χ1) is 16.0. The molecule has 1 heterocycles. The van der Waals surface area contributed by atoms with Gasteiger partial charge in [-0.2, -0.15) is 0 Å². The monoisotopic (exact) mass is 477 g/mol. The number of nitrogens with one attached hydrogen (secondary N) is 2. The largest absolute Gasteiger partial charge is 0.325 e. The molecule has 4 aromatic rings. The van der Waals surface area contributed by atoms with Gasteiger partial charge in [0.05, 0.1) is 16.5 Å². The summed E-state index contributed by atoms with van der Waals surface area (Å²) in [6.45, 7) is 1.96. The molecule has 4 rings (SSSR count). The lowest BCUT2D eigenvalue weighted by Gasteiger charge is -2.18. The number of aryl methyl sites for hydroxylation is 1. The van der Waals surface area contributed by atoms with Gasteiger partial charge < -0.3 is 5.32 Å². The number of carbonyl (C=O) groups is 1. The molecule has 168 valence electrons. The number of anilines is 2. The average Bonchev–Trinajstić information content (AvgIpc) is 3.28. The van der Waals surface area contributed by atoms with Crippen LogP contribution in [0.4, 0.5) is 10.8 Å². The molecule has 0 atom stereocenters. The highest BCUT2D eigenvalue weighted by Crippen LogP contribution is 2.27. The van der Waals surface area contributed by atoms with E-state index in [4.69, 9.17) is 0 Å². The number of aromatic nitrogens is 1. The number of thiazole rings is 1. The molecule has 1 aromatic heterocycles. The number of nitrogens with zero attached hydrogens (tertiary/aromatic N) is 1. The Hall–Kier alpha value is -3.49. The zero-order chi connectivity index (χ0) is 23.3. The summed E-state index contributed by atoms with van der Waals surface area (Å²) in [6, 6.07) is 25.2. The van der Waals surface area contributed by atoms with Crippen molar-refractivity contribution in [2.45, 2.75) is 24.2 Å². The maximum Gasteiger partial charge on any atom is 0.263 e. The van der Waals surface area contributed by atoms with Crippen LogP contribution >= 0.6 is 11.3 Å². The average molecular weight is 478 g/mol. The van der Waals surface area contributed by atoms with Gasteiger partial charge in [0, 0.05) is 11.1 Å². The number of hydrogen-bond acceptors (Lipinski definition) is 5. The number of sulfonamides is 1. The third-order valence-electron chi connectivity index (χ3n) is 5.10. The molecule has 8 heteroatoms. The fourth-order valence-electron chi connectivity index (χ4n) is 3.41. The Bertz CT molecular complexity index is 1280. The van der Waals surface area contributed by atoms with Crippen molar-refractivity contribution >= 4 is 38.1 Å². The number of amides is 1. The first kappa shape index (κ1) is 22.7. The van der Waals surface area contributed by atoms with Crippen LogP contribution in [0.3, 0.4) is 0 Å². The molecule has 0 saturated heterocycles. The lowest BCUT2D eigenvalue weighted by molar-refractivity contribution is -0.116. The second-order valence-corrected chi connectivity index (χ2v) is 9.91. The molecule has 1 amide bonds. The third kappa shape index (κ3) is 5.47. The molecule has 0 aliphatic rings. The SMILES string of the molecule is CCc1csc(NS(=O)(=O)c2ccc(NC(=O)C(c3ccccc3)c3ccccc3)cc2)n1. The second-order valence-electron chi connectivity index (χ2n) is 7.37. The summed E-state index contributed by atoms with van der Waals surface area (Å²) < 4.78 is 27.9. The van der Waals surface area contributed by atoms with Crippen LogP contribution in [0.25, 0.3) is 0 Å². The van der Waals surface area contributed by atoms with E-state index >= 15 is 0 Å². The maximum absolute atomic E-state index is 13.2. The molecule has 0 fully saturated rings. The van der Waals surface area contributed by atoms with E-state index in [1.54, 1.807) is 12.1 Å². The lowest BCUT2D eigenvalue weighted by Crippen LogP contribution is -2.22. The van der Waals surface area contributed by atoms with Crippen molar-refractivity contribution in [1.29, 1.82) is 0 Å². The fourth-order valence-corrected chi connectivity index (χ4v) is 5.45. The van der Waals surface area contributed by atoms with Crippen LogP contribution in [0.1, 0.15) is 29.7 Å². The number of hydrogen-bond donors (Lipinski definition) is 2. The predicted molar refractivity (Wildman–Crippen MR) is 132 cm³/mol. The summed E-state index contributed by atoms with van der Waals surface area (Å²) in [5, 5.41) is 5.07. The summed E-state index contributed by atoms with van der Waals surface area (Å²) in [6.07, 6.45) is 0.736. The first-order valence-corrected chi connectivity index (χ1v) is 12.8. The molecule has 0 spiro atoms. The van der Waals surface area contributed by atoms with Crippen molar-refractivity contribution in [1.82, 2.24) is 4.98 Å². The topological polar surface area (TPSA) is 88.2 Å². The summed E-state index contributed by atoms with van der Waals surface area (Å²) in [5.41, 5.74) is 3.10. The van der Waals surface area contributed by atoms with Gasteiger partial charge in [0.15, 0.2) is 5.13 Å². The highest BCUT2D eigenvalue weighted by atomic mass is 32.2. The highest BCUT2D eigenvalue weighted by molar-refractivity contribution is 7.93. The van der Waals surface area contributed by atoms with Crippen molar-refractivity contribution in [3.05, 3.63) is 107 Å². The molecule has 0 aliphatic carbocycles. The van der Waals surface area contributed by atoms with Crippen molar-refractivity contribution in [2.24, 2.45) is 0 Å². The molecule has 6 nitrogen and oxygen atoms in total. The van der Waals surface area contributed by atoms with E-state index in [0.29, 0.717) is 10.8 Å². The Labute approximate surface area is 197 Å². The normalized spacial score (nSPS) is 11.3. The van der Waals surface area contributed by atoms with E-state index in [2.05, 4.69) is 15.0 Å². The van der Waals surface area contributed by atoms with E-state index in [1.165, 1.54) is 23.5 Å². The van der Waals surface area contributed by atoms with E-state index < -0.39 is 15.9 Å². The number of benzene rings is 3. The van der Waals surface area contributed by atoms with Crippen molar-refractivity contribution in [3.8, 4) is 0 Å². The molecule has 33 heavy (non-hydrogen) atoms. The minimum Gasteiger partial charge on any atom is -0.325 e. The molecule has 0 saturated carbocycles. The van der Waals surface area contributed by atoms with Crippen molar-refractivity contribution < 1.29 is 13.2 Å². The van der Waals surface area contributed by atoms with Crippen LogP contribution < -0.4 is 10.0 Å². The van der Waals surface area contributed by atoms with E-state index in [0.717, 1.165) is 23.2 Å². The fraction of sp³-hybridized carbons (Fsp3) is 0.120. The Kier molecular flexibility index (Phi) is 6.86. The Morgan fingerprint density at radius 1 is 0.909 bits per heavy atom. The smallest absolute Gasteiger partial charge is 0.263 e. The molecular weight excluding hydrogens is 454 g/mol. The summed E-state index contributed by atoms with van der Waals surface area (Å²) in [7, 11) is -3.77. The highest BCUT2D eigenvalue weighted by Gasteiger charge is 2.23. The second kappa shape index (κ2) is 9.97. The summed E-state index contributed by atoms with van der Waals surface area (Å²) in [5.74, 6) is -0.689. The molecular formula is C25H23N3O3S2. The Balaban J connectivity index is 1.52.